The van der Waals surface area contributed by atoms with Crippen LogP contribution in [0.3, 0.4) is 0 Å². The van der Waals surface area contributed by atoms with Crippen LogP contribution in [0.1, 0.15) is 36.3 Å². The molecule has 0 amide bonds. The average Bonchev–Trinajstić information content (AvgIpc) is 2.98. The summed E-state index contributed by atoms with van der Waals surface area (Å²) in [4.78, 5) is 0. The Morgan fingerprint density at radius 1 is 1.27 bits per heavy atom. The summed E-state index contributed by atoms with van der Waals surface area (Å²) in [5.74, 6) is 1.28. The largest absolute Gasteiger partial charge is 0.435 e. The van der Waals surface area contributed by atoms with E-state index in [1.165, 1.54) is 10.9 Å². The van der Waals surface area contributed by atoms with E-state index >= 15 is 0 Å². The summed E-state index contributed by atoms with van der Waals surface area (Å²) in [5.41, 5.74) is -0.979. The Hall–Kier alpha value is -1.90. The molecular formula is C13H18F3N5O. The Labute approximate surface area is 125 Å². The smallest absolute Gasteiger partial charge is 0.396 e. The van der Waals surface area contributed by atoms with Crippen LogP contribution in [-0.2, 0) is 25.7 Å². The topological polar surface area (TPSA) is 68.8 Å². The van der Waals surface area contributed by atoms with Gasteiger partial charge in [-0.25, -0.2) is 0 Å². The van der Waals surface area contributed by atoms with Crippen molar-refractivity contribution < 1.29 is 18.3 Å². The van der Waals surface area contributed by atoms with E-state index < -0.39 is 11.9 Å². The average molecular weight is 317 g/mol. The van der Waals surface area contributed by atoms with Gasteiger partial charge in [0, 0.05) is 24.9 Å². The second-order valence-corrected chi connectivity index (χ2v) is 4.99. The van der Waals surface area contributed by atoms with Crippen molar-refractivity contribution in [2.24, 2.45) is 0 Å². The number of aliphatic hydroxyl groups excluding tert-OH is 1. The molecule has 0 fully saturated rings. The number of aryl methyl sites for hydroxylation is 1. The zero-order chi connectivity index (χ0) is 16.3. The molecule has 9 heteroatoms. The molecule has 0 aliphatic carbocycles. The minimum atomic E-state index is -4.54. The number of hydrogen-bond acceptors (Lipinski definition) is 4. The third-order valence-corrected chi connectivity index (χ3v) is 3.25. The molecular weight excluding hydrogens is 299 g/mol. The van der Waals surface area contributed by atoms with Crippen LogP contribution >= 0.6 is 0 Å². The van der Waals surface area contributed by atoms with Crippen LogP contribution in [0.4, 0.5) is 13.2 Å². The van der Waals surface area contributed by atoms with Crippen LogP contribution in [0.5, 0.6) is 0 Å². The number of aromatic nitrogens is 5. The second kappa shape index (κ2) is 6.47. The molecule has 2 aromatic heterocycles. The fourth-order valence-corrected chi connectivity index (χ4v) is 2.29. The minimum absolute atomic E-state index is 0.0201. The first-order chi connectivity index (χ1) is 10.4. The third-order valence-electron chi connectivity index (χ3n) is 3.25. The standard InChI is InChI=1S/C13H18F3N5O/c1-3-5-21-9(2)17-18-11(21)8-20-7-10(4-6-22)12(19-20)13(14,15)16/h7,22H,3-6,8H2,1-2H3. The molecule has 22 heavy (non-hydrogen) atoms. The first-order valence-corrected chi connectivity index (χ1v) is 6.99. The molecule has 0 radical (unpaired) electrons. The zero-order valence-electron chi connectivity index (χ0n) is 12.4. The molecule has 0 aromatic carbocycles. The van der Waals surface area contributed by atoms with Crippen LogP contribution in [0, 0.1) is 6.92 Å². The fourth-order valence-electron chi connectivity index (χ4n) is 2.29. The molecule has 0 aliphatic rings. The summed E-state index contributed by atoms with van der Waals surface area (Å²) >= 11 is 0. The predicted octanol–water partition coefficient (Wildman–Crippen LogP) is 1.79. The van der Waals surface area contributed by atoms with E-state index in [2.05, 4.69) is 15.3 Å². The molecule has 122 valence electrons. The Bertz CT molecular complexity index is 632. The number of nitrogens with zero attached hydrogens (tertiary/aromatic N) is 5. The molecule has 6 nitrogen and oxygen atoms in total. The van der Waals surface area contributed by atoms with Gasteiger partial charge in [-0.2, -0.15) is 18.3 Å². The Balaban J connectivity index is 2.30. The predicted molar refractivity (Wildman–Crippen MR) is 72.2 cm³/mol. The quantitative estimate of drug-likeness (QED) is 0.882. The maximum atomic E-state index is 12.9. The van der Waals surface area contributed by atoms with Crippen molar-refractivity contribution in [3.05, 3.63) is 29.1 Å². The SMILES string of the molecule is CCCn1c(C)nnc1Cn1cc(CCO)c(C(F)(F)F)n1. The lowest BCUT2D eigenvalue weighted by Gasteiger charge is -2.07. The Morgan fingerprint density at radius 2 is 2.00 bits per heavy atom. The molecule has 0 spiro atoms. The fraction of sp³-hybridized carbons (Fsp3) is 0.615. The molecule has 0 saturated heterocycles. The summed E-state index contributed by atoms with van der Waals surface area (Å²) in [7, 11) is 0. The van der Waals surface area contributed by atoms with E-state index in [4.69, 9.17) is 5.11 Å². The lowest BCUT2D eigenvalue weighted by atomic mass is 10.2. The molecule has 0 saturated carbocycles. The second-order valence-electron chi connectivity index (χ2n) is 4.99. The summed E-state index contributed by atoms with van der Waals surface area (Å²) in [5, 5.41) is 20.5. The van der Waals surface area contributed by atoms with Crippen LogP contribution in [-0.4, -0.2) is 36.3 Å². The van der Waals surface area contributed by atoms with Crippen molar-refractivity contribution in [2.45, 2.75) is 46.0 Å². The van der Waals surface area contributed by atoms with Crippen molar-refractivity contribution in [3.63, 3.8) is 0 Å². The lowest BCUT2D eigenvalue weighted by molar-refractivity contribution is -0.142. The van der Waals surface area contributed by atoms with Gasteiger partial charge in [-0.1, -0.05) is 6.92 Å². The van der Waals surface area contributed by atoms with Crippen molar-refractivity contribution in [1.82, 2.24) is 24.5 Å². The van der Waals surface area contributed by atoms with Gasteiger partial charge in [-0.3, -0.25) is 4.68 Å². The normalized spacial score (nSPS) is 12.1. The molecule has 0 bridgehead atoms. The lowest BCUT2D eigenvalue weighted by Crippen LogP contribution is -2.13. The molecule has 0 unspecified atom stereocenters. The number of rotatable bonds is 6. The number of alkyl halides is 3. The van der Waals surface area contributed by atoms with Crippen molar-refractivity contribution in [1.29, 1.82) is 0 Å². The Kier molecular flexibility index (Phi) is 4.84. The monoisotopic (exact) mass is 317 g/mol. The molecule has 2 aromatic rings. The van der Waals surface area contributed by atoms with E-state index in [9.17, 15) is 13.2 Å². The maximum Gasteiger partial charge on any atom is 0.435 e. The molecule has 1 N–H and O–H groups in total. The van der Waals surface area contributed by atoms with Crippen molar-refractivity contribution in [3.8, 4) is 0 Å². The third kappa shape index (κ3) is 3.46. The summed E-state index contributed by atoms with van der Waals surface area (Å²) in [6.45, 7) is 4.24. The summed E-state index contributed by atoms with van der Waals surface area (Å²) in [6, 6.07) is 0. The van der Waals surface area contributed by atoms with Gasteiger partial charge >= 0.3 is 6.18 Å². The highest BCUT2D eigenvalue weighted by Crippen LogP contribution is 2.31. The Morgan fingerprint density at radius 3 is 2.59 bits per heavy atom. The molecule has 2 heterocycles. The van der Waals surface area contributed by atoms with Crippen LogP contribution in [0.2, 0.25) is 0 Å². The molecule has 2 rings (SSSR count). The summed E-state index contributed by atoms with van der Waals surface area (Å²) in [6.07, 6.45) is -2.45. The van der Waals surface area contributed by atoms with E-state index in [1.54, 1.807) is 6.92 Å². The van der Waals surface area contributed by atoms with Gasteiger partial charge in [-0.15, -0.1) is 10.2 Å². The van der Waals surface area contributed by atoms with Gasteiger partial charge < -0.3 is 9.67 Å². The summed E-state index contributed by atoms with van der Waals surface area (Å²) < 4.78 is 41.9. The highest BCUT2D eigenvalue weighted by Gasteiger charge is 2.37. The number of halogens is 3. The van der Waals surface area contributed by atoms with Crippen molar-refractivity contribution >= 4 is 0 Å². The zero-order valence-corrected chi connectivity index (χ0v) is 12.4. The maximum absolute atomic E-state index is 12.9. The van der Waals surface area contributed by atoms with E-state index in [0.29, 0.717) is 12.4 Å². The van der Waals surface area contributed by atoms with Gasteiger partial charge in [-0.05, 0) is 19.8 Å². The highest BCUT2D eigenvalue weighted by molar-refractivity contribution is 5.20. The van der Waals surface area contributed by atoms with Gasteiger partial charge in [0.15, 0.2) is 11.5 Å². The number of hydrogen-bond donors (Lipinski definition) is 1. The van der Waals surface area contributed by atoms with Crippen LogP contribution < -0.4 is 0 Å². The molecule has 0 atom stereocenters. The van der Waals surface area contributed by atoms with Crippen molar-refractivity contribution in [2.75, 3.05) is 6.61 Å². The first-order valence-electron chi connectivity index (χ1n) is 6.99. The van der Waals surface area contributed by atoms with Gasteiger partial charge in [0.1, 0.15) is 12.4 Å². The van der Waals surface area contributed by atoms with E-state index in [-0.39, 0.29) is 25.1 Å². The highest BCUT2D eigenvalue weighted by atomic mass is 19.4. The van der Waals surface area contributed by atoms with Gasteiger partial charge in [0.05, 0.1) is 0 Å². The van der Waals surface area contributed by atoms with E-state index in [1.807, 2.05) is 11.5 Å². The van der Waals surface area contributed by atoms with Gasteiger partial charge in [0.25, 0.3) is 0 Å². The van der Waals surface area contributed by atoms with E-state index in [0.717, 1.165) is 12.2 Å². The minimum Gasteiger partial charge on any atom is -0.396 e. The number of aliphatic hydroxyl groups is 1. The van der Waals surface area contributed by atoms with Crippen LogP contribution in [0.15, 0.2) is 6.20 Å². The first kappa shape index (κ1) is 16.5. The van der Waals surface area contributed by atoms with Gasteiger partial charge in [0.2, 0.25) is 0 Å². The van der Waals surface area contributed by atoms with Crippen LogP contribution in [0.25, 0.3) is 0 Å². The molecule has 0 aliphatic heterocycles.